The van der Waals surface area contributed by atoms with E-state index in [2.05, 4.69) is 0 Å². The number of aliphatic hydroxyl groups is 1. The van der Waals surface area contributed by atoms with Crippen LogP contribution in [0.25, 0.3) is 11.0 Å². The van der Waals surface area contributed by atoms with Gasteiger partial charge in [-0.15, -0.1) is 0 Å². The lowest BCUT2D eigenvalue weighted by Crippen LogP contribution is -2.26. The highest BCUT2D eigenvalue weighted by molar-refractivity contribution is 6.32. The van der Waals surface area contributed by atoms with Gasteiger partial charge in [0.2, 0.25) is 5.91 Å². The van der Waals surface area contributed by atoms with Crippen molar-refractivity contribution in [1.29, 1.82) is 0 Å². The largest absolute Gasteiger partial charge is 0.489 e. The maximum atomic E-state index is 12.9. The molecule has 1 aliphatic heterocycles. The summed E-state index contributed by atoms with van der Waals surface area (Å²) in [7, 11) is 0. The van der Waals surface area contributed by atoms with Gasteiger partial charge in [0.25, 0.3) is 0 Å². The van der Waals surface area contributed by atoms with Crippen LogP contribution >= 0.6 is 23.2 Å². The van der Waals surface area contributed by atoms with E-state index >= 15 is 0 Å². The number of para-hydroxylation sites is 3. The molecule has 0 saturated carbocycles. The lowest BCUT2D eigenvalue weighted by molar-refractivity contribution is -0.117. The molecule has 1 fully saturated rings. The van der Waals surface area contributed by atoms with Gasteiger partial charge >= 0.3 is 0 Å². The van der Waals surface area contributed by atoms with Crippen LogP contribution in [0.2, 0.25) is 10.0 Å². The van der Waals surface area contributed by atoms with Gasteiger partial charge in [-0.1, -0.05) is 47.5 Å². The van der Waals surface area contributed by atoms with Crippen molar-refractivity contribution in [2.24, 2.45) is 0 Å². The third-order valence-electron chi connectivity index (χ3n) is 5.97. The molecule has 0 radical (unpaired) electrons. The smallest absolute Gasteiger partial charge is 0.227 e. The van der Waals surface area contributed by atoms with Crippen molar-refractivity contribution in [3.63, 3.8) is 0 Å². The fourth-order valence-electron chi connectivity index (χ4n) is 4.36. The Kier molecular flexibility index (Phi) is 6.46. The van der Waals surface area contributed by atoms with Crippen LogP contribution < -0.4 is 9.64 Å². The molecule has 0 unspecified atom stereocenters. The second-order valence-corrected chi connectivity index (χ2v) is 9.19. The number of imidazole rings is 1. The van der Waals surface area contributed by atoms with E-state index in [9.17, 15) is 9.90 Å². The van der Waals surface area contributed by atoms with Crippen molar-refractivity contribution in [3.05, 3.63) is 88.7 Å². The number of ether oxygens (including phenoxy) is 1. The van der Waals surface area contributed by atoms with E-state index < -0.39 is 6.10 Å². The van der Waals surface area contributed by atoms with Crippen LogP contribution in [0.15, 0.2) is 72.8 Å². The molecule has 1 aromatic heterocycles. The zero-order valence-corrected chi connectivity index (χ0v) is 19.8. The Morgan fingerprint density at radius 3 is 2.56 bits per heavy atom. The lowest BCUT2D eigenvalue weighted by atomic mass is 10.1. The summed E-state index contributed by atoms with van der Waals surface area (Å²) in [6.45, 7) is 0.873. The highest BCUT2D eigenvalue weighted by atomic mass is 35.5. The Bertz CT molecular complexity index is 1320. The Balaban J connectivity index is 1.38. The normalized spacial score (nSPS) is 16.9. The number of carbonyl (C=O) groups excluding carboxylic acids is 1. The minimum atomic E-state index is -0.794. The quantitative estimate of drug-likeness (QED) is 0.377. The highest BCUT2D eigenvalue weighted by Gasteiger charge is 2.35. The van der Waals surface area contributed by atoms with Gasteiger partial charge in [0.1, 0.15) is 24.3 Å². The van der Waals surface area contributed by atoms with Crippen LogP contribution in [0.5, 0.6) is 5.75 Å². The number of benzene rings is 3. The lowest BCUT2D eigenvalue weighted by Gasteiger charge is -2.19. The monoisotopic (exact) mass is 495 g/mol. The van der Waals surface area contributed by atoms with E-state index in [1.807, 2.05) is 53.1 Å². The first-order chi connectivity index (χ1) is 16.5. The zero-order valence-electron chi connectivity index (χ0n) is 18.3. The molecule has 0 bridgehead atoms. The predicted octanol–water partition coefficient (Wildman–Crippen LogP) is 5.30. The van der Waals surface area contributed by atoms with Crippen LogP contribution in [0.4, 0.5) is 5.69 Å². The molecule has 174 valence electrons. The van der Waals surface area contributed by atoms with Crippen molar-refractivity contribution in [3.8, 4) is 5.75 Å². The number of nitrogens with zero attached hydrogens (tertiary/aromatic N) is 3. The molecule has 5 rings (SSSR count). The maximum Gasteiger partial charge on any atom is 0.227 e. The first-order valence-electron chi connectivity index (χ1n) is 11.1. The molecule has 3 aromatic carbocycles. The molecule has 8 heteroatoms. The van der Waals surface area contributed by atoms with Gasteiger partial charge in [0.05, 0.1) is 22.6 Å². The molecule has 2 atom stereocenters. The van der Waals surface area contributed by atoms with E-state index in [0.717, 1.165) is 22.5 Å². The minimum Gasteiger partial charge on any atom is -0.489 e. The van der Waals surface area contributed by atoms with Crippen molar-refractivity contribution >= 4 is 45.8 Å². The summed E-state index contributed by atoms with van der Waals surface area (Å²) in [5.74, 6) is 1.24. The standard InChI is InChI=1S/C26H23Cl2N3O3/c27-18-9-11-19(12-10-18)30-14-17(13-25(30)33)26-29-22-6-2-3-7-23(22)31(26)15-20(32)16-34-24-8-4-1-5-21(24)28/h1-12,17,20,32H,13-16H2/t17-,20+/m1/s1. The summed E-state index contributed by atoms with van der Waals surface area (Å²) < 4.78 is 7.74. The van der Waals surface area contributed by atoms with E-state index in [1.54, 1.807) is 29.2 Å². The third-order valence-corrected chi connectivity index (χ3v) is 6.54. The molecule has 0 spiro atoms. The number of hydrogen-bond donors (Lipinski definition) is 1. The van der Waals surface area contributed by atoms with Gasteiger partial charge in [0.15, 0.2) is 0 Å². The van der Waals surface area contributed by atoms with Crippen molar-refractivity contribution in [2.75, 3.05) is 18.1 Å². The molecule has 1 saturated heterocycles. The summed E-state index contributed by atoms with van der Waals surface area (Å²) >= 11 is 12.2. The molecular formula is C26H23Cl2N3O3. The predicted molar refractivity (Wildman–Crippen MR) is 134 cm³/mol. The number of hydrogen-bond acceptors (Lipinski definition) is 4. The highest BCUT2D eigenvalue weighted by Crippen LogP contribution is 2.34. The molecule has 34 heavy (non-hydrogen) atoms. The summed E-state index contributed by atoms with van der Waals surface area (Å²) in [6, 6.07) is 22.2. The number of rotatable bonds is 7. The van der Waals surface area contributed by atoms with E-state index in [-0.39, 0.29) is 25.0 Å². The Hall–Kier alpha value is -3.06. The second-order valence-electron chi connectivity index (χ2n) is 8.35. The average molecular weight is 496 g/mol. The van der Waals surface area contributed by atoms with Crippen LogP contribution in [0.1, 0.15) is 18.2 Å². The van der Waals surface area contributed by atoms with Gasteiger partial charge in [-0.3, -0.25) is 4.79 Å². The molecule has 0 aliphatic carbocycles. The van der Waals surface area contributed by atoms with Gasteiger partial charge in [-0.2, -0.15) is 0 Å². The van der Waals surface area contributed by atoms with Crippen LogP contribution in [0, 0.1) is 0 Å². The fourth-order valence-corrected chi connectivity index (χ4v) is 4.68. The van der Waals surface area contributed by atoms with Crippen LogP contribution in [-0.4, -0.2) is 39.8 Å². The molecule has 1 amide bonds. The van der Waals surface area contributed by atoms with Gasteiger partial charge in [-0.25, -0.2) is 4.98 Å². The number of halogens is 2. The van der Waals surface area contributed by atoms with E-state index in [1.165, 1.54) is 0 Å². The maximum absolute atomic E-state index is 12.9. The van der Waals surface area contributed by atoms with E-state index in [0.29, 0.717) is 28.8 Å². The van der Waals surface area contributed by atoms with Crippen LogP contribution in [0.3, 0.4) is 0 Å². The van der Waals surface area contributed by atoms with Crippen molar-refractivity contribution in [2.45, 2.75) is 25.0 Å². The van der Waals surface area contributed by atoms with Crippen LogP contribution in [-0.2, 0) is 11.3 Å². The first kappa shape index (κ1) is 22.7. The summed E-state index contributed by atoms with van der Waals surface area (Å²) in [4.78, 5) is 19.5. The number of anilines is 1. The Morgan fingerprint density at radius 1 is 1.03 bits per heavy atom. The summed E-state index contributed by atoms with van der Waals surface area (Å²) in [5, 5.41) is 11.9. The van der Waals surface area contributed by atoms with Crippen molar-refractivity contribution < 1.29 is 14.6 Å². The van der Waals surface area contributed by atoms with Gasteiger partial charge in [-0.05, 0) is 48.5 Å². The zero-order chi connectivity index (χ0) is 23.7. The average Bonchev–Trinajstić information content (AvgIpc) is 3.40. The van der Waals surface area contributed by atoms with Crippen molar-refractivity contribution in [1.82, 2.24) is 9.55 Å². The number of aliphatic hydroxyl groups excluding tert-OH is 1. The molecule has 1 N–H and O–H groups in total. The molecule has 2 heterocycles. The van der Waals surface area contributed by atoms with Gasteiger partial charge < -0.3 is 19.3 Å². The second kappa shape index (κ2) is 9.66. The number of carbonyl (C=O) groups is 1. The topological polar surface area (TPSA) is 67.6 Å². The van der Waals surface area contributed by atoms with Gasteiger partial charge in [0, 0.05) is 29.6 Å². The number of aromatic nitrogens is 2. The number of amides is 1. The Labute approximate surface area is 207 Å². The van der Waals surface area contributed by atoms with E-state index in [4.69, 9.17) is 32.9 Å². The number of fused-ring (bicyclic) bond motifs is 1. The third kappa shape index (κ3) is 4.62. The fraction of sp³-hybridized carbons (Fsp3) is 0.231. The molecular weight excluding hydrogens is 473 g/mol. The summed E-state index contributed by atoms with van der Waals surface area (Å²) in [6.07, 6.45) is -0.449. The minimum absolute atomic E-state index is 0.0357. The SMILES string of the molecule is O=C1C[C@@H](c2nc3ccccc3n2C[C@H](O)COc2ccccc2Cl)CN1c1ccc(Cl)cc1. The molecule has 6 nitrogen and oxygen atoms in total. The summed E-state index contributed by atoms with van der Waals surface area (Å²) in [5.41, 5.74) is 2.55. The first-order valence-corrected chi connectivity index (χ1v) is 11.8. The Morgan fingerprint density at radius 2 is 1.76 bits per heavy atom. The molecule has 1 aliphatic rings. The molecule has 4 aromatic rings.